The molecule has 1 aromatic carbocycles. The predicted octanol–water partition coefficient (Wildman–Crippen LogP) is 3.82. The van der Waals surface area contributed by atoms with Crippen LogP contribution in [0, 0.1) is 6.42 Å². The molecule has 0 saturated heterocycles. The van der Waals surface area contributed by atoms with Crippen molar-refractivity contribution in [1.29, 1.82) is 0 Å². The van der Waals surface area contributed by atoms with Gasteiger partial charge >= 0.3 is 6.18 Å². The second kappa shape index (κ2) is 3.40. The summed E-state index contributed by atoms with van der Waals surface area (Å²) in [5, 5.41) is 0. The maximum absolute atomic E-state index is 12.7. The number of halogens is 3. The fourth-order valence-electron chi connectivity index (χ4n) is 1.73. The van der Waals surface area contributed by atoms with E-state index in [1.807, 2.05) is 0 Å². The summed E-state index contributed by atoms with van der Waals surface area (Å²) in [5.41, 5.74) is -0.753. The van der Waals surface area contributed by atoms with Gasteiger partial charge in [0.1, 0.15) is 11.4 Å². The molecule has 0 bridgehead atoms. The minimum absolute atomic E-state index is 0.0498. The van der Waals surface area contributed by atoms with Crippen LogP contribution in [0.3, 0.4) is 0 Å². The van der Waals surface area contributed by atoms with E-state index in [1.165, 1.54) is 6.07 Å². The maximum Gasteiger partial charge on any atom is 0.419 e. The Kier molecular flexibility index (Phi) is 2.40. The molecule has 1 radical (unpaired) electrons. The van der Waals surface area contributed by atoms with Crippen LogP contribution in [0.1, 0.15) is 31.4 Å². The third kappa shape index (κ3) is 2.01. The van der Waals surface area contributed by atoms with Crippen LogP contribution in [0.2, 0.25) is 0 Å². The molecule has 0 unspecified atom stereocenters. The van der Waals surface area contributed by atoms with Crippen molar-refractivity contribution in [2.24, 2.45) is 0 Å². The zero-order valence-corrected chi connectivity index (χ0v) is 9.06. The van der Waals surface area contributed by atoms with E-state index in [9.17, 15) is 13.2 Å². The summed E-state index contributed by atoms with van der Waals surface area (Å²) in [6.07, 6.45) is -1.97. The molecule has 0 amide bonds. The van der Waals surface area contributed by atoms with Gasteiger partial charge in [-0.05, 0) is 38.3 Å². The molecule has 1 nitrogen and oxygen atoms in total. The van der Waals surface area contributed by atoms with Gasteiger partial charge in [-0.25, -0.2) is 0 Å². The van der Waals surface area contributed by atoms with Crippen molar-refractivity contribution in [2.45, 2.75) is 32.0 Å². The van der Waals surface area contributed by atoms with E-state index in [0.29, 0.717) is 12.0 Å². The SMILES string of the molecule is CC1(C)C[CH]c2cccc(C(F)(F)F)c2O1. The number of benzene rings is 1. The zero-order chi connectivity index (χ0) is 12.0. The predicted molar refractivity (Wildman–Crippen MR) is 54.2 cm³/mol. The quantitative estimate of drug-likeness (QED) is 0.657. The first-order valence-corrected chi connectivity index (χ1v) is 5.02. The minimum Gasteiger partial charge on any atom is -0.487 e. The molecular formula is C12H12F3O. The summed E-state index contributed by atoms with van der Waals surface area (Å²) in [6.45, 7) is 3.55. The molecule has 0 N–H and O–H groups in total. The van der Waals surface area contributed by atoms with Crippen molar-refractivity contribution in [3.8, 4) is 5.75 Å². The minimum atomic E-state index is -4.37. The van der Waals surface area contributed by atoms with E-state index in [4.69, 9.17) is 4.74 Å². The molecule has 0 atom stereocenters. The van der Waals surface area contributed by atoms with E-state index < -0.39 is 17.3 Å². The Bertz CT molecular complexity index is 407. The monoisotopic (exact) mass is 229 g/mol. The van der Waals surface area contributed by atoms with E-state index in [1.54, 1.807) is 26.3 Å². The zero-order valence-electron chi connectivity index (χ0n) is 9.06. The number of alkyl halides is 3. The highest BCUT2D eigenvalue weighted by atomic mass is 19.4. The normalized spacial score (nSPS) is 18.8. The van der Waals surface area contributed by atoms with Gasteiger partial charge in [-0.2, -0.15) is 13.2 Å². The van der Waals surface area contributed by atoms with Gasteiger partial charge in [0.2, 0.25) is 0 Å². The van der Waals surface area contributed by atoms with Crippen LogP contribution in [0.15, 0.2) is 18.2 Å². The third-order valence-electron chi connectivity index (χ3n) is 2.54. The molecule has 0 spiro atoms. The van der Waals surface area contributed by atoms with E-state index in [0.717, 1.165) is 6.07 Å². The van der Waals surface area contributed by atoms with Crippen molar-refractivity contribution in [2.75, 3.05) is 0 Å². The van der Waals surface area contributed by atoms with Crippen LogP contribution in [0.4, 0.5) is 13.2 Å². The van der Waals surface area contributed by atoms with Crippen LogP contribution >= 0.6 is 0 Å². The standard InChI is InChI=1S/C12H12F3O/c1-11(2)7-6-8-4-3-5-9(10(8)16-11)12(13,14)15/h3-6H,7H2,1-2H3. The Hall–Kier alpha value is -1.19. The fourth-order valence-corrected chi connectivity index (χ4v) is 1.73. The lowest BCUT2D eigenvalue weighted by Gasteiger charge is -2.33. The summed E-state index contributed by atoms with van der Waals surface area (Å²) >= 11 is 0. The molecule has 0 fully saturated rings. The Balaban J connectivity index is 2.51. The van der Waals surface area contributed by atoms with Gasteiger partial charge in [-0.3, -0.25) is 0 Å². The smallest absolute Gasteiger partial charge is 0.419 e. The van der Waals surface area contributed by atoms with Crippen molar-refractivity contribution in [3.05, 3.63) is 35.7 Å². The highest BCUT2D eigenvalue weighted by Gasteiger charge is 2.38. The fraction of sp³-hybridized carbons (Fsp3) is 0.417. The van der Waals surface area contributed by atoms with Gasteiger partial charge in [0, 0.05) is 0 Å². The first kappa shape index (κ1) is 11.3. The second-order valence-electron chi connectivity index (χ2n) is 4.49. The van der Waals surface area contributed by atoms with Crippen molar-refractivity contribution >= 4 is 0 Å². The molecule has 1 aliphatic heterocycles. The molecule has 1 aromatic rings. The van der Waals surface area contributed by atoms with Crippen LogP contribution in [-0.4, -0.2) is 5.60 Å². The summed E-state index contributed by atoms with van der Waals surface area (Å²) in [7, 11) is 0. The number of ether oxygens (including phenoxy) is 1. The Labute approximate surface area is 92.2 Å². The number of para-hydroxylation sites is 1. The summed E-state index contributed by atoms with van der Waals surface area (Å²) in [6, 6.07) is 4.09. The largest absolute Gasteiger partial charge is 0.487 e. The summed E-state index contributed by atoms with van der Waals surface area (Å²) < 4.78 is 43.6. The number of fused-ring (bicyclic) bond motifs is 1. The average Bonchev–Trinajstić information content (AvgIpc) is 2.13. The van der Waals surface area contributed by atoms with Gasteiger partial charge in [0.15, 0.2) is 0 Å². The van der Waals surface area contributed by atoms with Crippen molar-refractivity contribution < 1.29 is 17.9 Å². The lowest BCUT2D eigenvalue weighted by molar-refractivity contribution is -0.140. The molecule has 4 heteroatoms. The lowest BCUT2D eigenvalue weighted by Crippen LogP contribution is -2.33. The highest BCUT2D eigenvalue weighted by molar-refractivity contribution is 5.48. The van der Waals surface area contributed by atoms with Crippen LogP contribution in [0.25, 0.3) is 0 Å². The second-order valence-corrected chi connectivity index (χ2v) is 4.49. The molecule has 1 aliphatic rings. The number of rotatable bonds is 0. The molecule has 87 valence electrons. The van der Waals surface area contributed by atoms with Gasteiger partial charge in [0.25, 0.3) is 0 Å². The first-order valence-electron chi connectivity index (χ1n) is 5.02. The highest BCUT2D eigenvalue weighted by Crippen LogP contribution is 2.43. The van der Waals surface area contributed by atoms with Crippen LogP contribution < -0.4 is 4.74 Å². The molecule has 16 heavy (non-hydrogen) atoms. The maximum atomic E-state index is 12.7. The van der Waals surface area contributed by atoms with E-state index >= 15 is 0 Å². The Morgan fingerprint density at radius 2 is 1.94 bits per heavy atom. The van der Waals surface area contributed by atoms with Crippen LogP contribution in [-0.2, 0) is 6.18 Å². The van der Waals surface area contributed by atoms with Gasteiger partial charge < -0.3 is 4.74 Å². The van der Waals surface area contributed by atoms with Crippen LogP contribution in [0.5, 0.6) is 5.75 Å². The first-order chi connectivity index (χ1) is 7.30. The third-order valence-corrected chi connectivity index (χ3v) is 2.54. The van der Waals surface area contributed by atoms with Gasteiger partial charge in [-0.1, -0.05) is 12.1 Å². The number of hydrogen-bond acceptors (Lipinski definition) is 1. The average molecular weight is 229 g/mol. The summed E-state index contributed by atoms with van der Waals surface area (Å²) in [4.78, 5) is 0. The topological polar surface area (TPSA) is 9.23 Å². The van der Waals surface area contributed by atoms with Gasteiger partial charge in [-0.15, -0.1) is 0 Å². The van der Waals surface area contributed by atoms with E-state index in [-0.39, 0.29) is 5.75 Å². The molecule has 0 aromatic heterocycles. The van der Waals surface area contributed by atoms with E-state index in [2.05, 4.69) is 0 Å². The van der Waals surface area contributed by atoms with Crippen molar-refractivity contribution in [3.63, 3.8) is 0 Å². The molecule has 0 saturated carbocycles. The molecule has 0 aliphatic carbocycles. The van der Waals surface area contributed by atoms with Gasteiger partial charge in [0.05, 0.1) is 5.56 Å². The molecule has 1 heterocycles. The molecule has 2 rings (SSSR count). The molecular weight excluding hydrogens is 217 g/mol. The number of hydrogen-bond donors (Lipinski definition) is 0. The lowest BCUT2D eigenvalue weighted by atomic mass is 9.92. The summed E-state index contributed by atoms with van der Waals surface area (Å²) in [5.74, 6) is -0.0498. The Morgan fingerprint density at radius 1 is 1.25 bits per heavy atom. The van der Waals surface area contributed by atoms with Crippen molar-refractivity contribution in [1.82, 2.24) is 0 Å². The Morgan fingerprint density at radius 3 is 2.56 bits per heavy atom.